The number of carbonyl (C=O) groups is 1. The average Bonchev–Trinajstić information content (AvgIpc) is 2.04. The van der Waals surface area contributed by atoms with E-state index in [1.54, 1.807) is 5.01 Å². The zero-order valence-electron chi connectivity index (χ0n) is 8.36. The largest absolute Gasteiger partial charge is 0.395 e. The summed E-state index contributed by atoms with van der Waals surface area (Å²) in [7, 11) is 0. The van der Waals surface area contributed by atoms with E-state index in [2.05, 4.69) is 0 Å². The molecule has 1 aliphatic heterocycles. The Morgan fingerprint density at radius 1 is 1.54 bits per heavy atom. The Balaban J connectivity index is 2.62. The van der Waals surface area contributed by atoms with Crippen LogP contribution in [0.4, 0.5) is 0 Å². The van der Waals surface area contributed by atoms with Gasteiger partial charge in [0.15, 0.2) is 0 Å². The maximum absolute atomic E-state index is 11.5. The van der Waals surface area contributed by atoms with Gasteiger partial charge in [0.25, 0.3) is 0 Å². The summed E-state index contributed by atoms with van der Waals surface area (Å²) in [6, 6.07) is 0.194. The molecule has 4 nitrogen and oxygen atoms in total. The van der Waals surface area contributed by atoms with E-state index in [0.717, 1.165) is 13.0 Å². The Kier molecular flexibility index (Phi) is 3.69. The number of β-amino-alcohol motifs (C(OH)–C–C–N with tert-alkyl or cyclic N) is 1. The van der Waals surface area contributed by atoms with Crippen molar-refractivity contribution in [1.82, 2.24) is 10.0 Å². The highest BCUT2D eigenvalue weighted by Gasteiger charge is 2.27. The first-order valence-electron chi connectivity index (χ1n) is 4.84. The maximum Gasteiger partial charge on any atom is 0.237 e. The smallest absolute Gasteiger partial charge is 0.237 e. The molecule has 1 aliphatic rings. The average molecular weight is 186 g/mol. The molecule has 0 aromatic heterocycles. The number of carbonyl (C=O) groups excluding carboxylic acids is 1. The second kappa shape index (κ2) is 4.58. The summed E-state index contributed by atoms with van der Waals surface area (Å²) in [5.74, 6) is 0.176. The summed E-state index contributed by atoms with van der Waals surface area (Å²) in [6.45, 7) is 5.53. The number of hydrogen-bond donors (Lipinski definition) is 1. The second-order valence-corrected chi connectivity index (χ2v) is 3.61. The fourth-order valence-electron chi connectivity index (χ4n) is 1.74. The lowest BCUT2D eigenvalue weighted by Gasteiger charge is -2.40. The molecule has 4 heteroatoms. The van der Waals surface area contributed by atoms with Crippen LogP contribution in [-0.4, -0.2) is 46.8 Å². The molecule has 0 spiro atoms. The van der Waals surface area contributed by atoms with E-state index >= 15 is 0 Å². The van der Waals surface area contributed by atoms with Crippen molar-refractivity contribution in [3.05, 3.63) is 0 Å². The molecule has 0 aromatic rings. The summed E-state index contributed by atoms with van der Waals surface area (Å²) in [5, 5.41) is 12.5. The fraction of sp³-hybridized carbons (Fsp3) is 0.889. The standard InChI is InChI=1S/C9H18N2O2/c1-8(2)11-9(13)4-3-5-10(11)6-7-12/h8,12H,3-7H2,1-2H3. The number of aliphatic hydroxyl groups excluding tert-OH is 1. The lowest BCUT2D eigenvalue weighted by molar-refractivity contribution is -0.161. The van der Waals surface area contributed by atoms with Gasteiger partial charge in [-0.15, -0.1) is 0 Å². The topological polar surface area (TPSA) is 43.8 Å². The van der Waals surface area contributed by atoms with Gasteiger partial charge >= 0.3 is 0 Å². The van der Waals surface area contributed by atoms with E-state index in [0.29, 0.717) is 13.0 Å². The molecular weight excluding hydrogens is 168 g/mol. The van der Waals surface area contributed by atoms with E-state index in [-0.39, 0.29) is 18.6 Å². The Hall–Kier alpha value is -0.610. The Labute approximate surface area is 79.1 Å². The highest BCUT2D eigenvalue weighted by atomic mass is 16.3. The number of aliphatic hydroxyl groups is 1. The van der Waals surface area contributed by atoms with Crippen LogP contribution in [0.2, 0.25) is 0 Å². The molecule has 0 bridgehead atoms. The molecule has 1 saturated heterocycles. The molecule has 0 aromatic carbocycles. The monoisotopic (exact) mass is 186 g/mol. The third-order valence-corrected chi connectivity index (χ3v) is 2.21. The fourth-order valence-corrected chi connectivity index (χ4v) is 1.74. The molecule has 0 saturated carbocycles. The lowest BCUT2D eigenvalue weighted by atomic mass is 10.2. The summed E-state index contributed by atoms with van der Waals surface area (Å²) in [6.07, 6.45) is 1.54. The van der Waals surface area contributed by atoms with Crippen LogP contribution in [0.25, 0.3) is 0 Å². The van der Waals surface area contributed by atoms with Gasteiger partial charge in [-0.2, -0.15) is 0 Å². The normalized spacial score (nSPS) is 20.0. The number of hydrazine groups is 1. The van der Waals surface area contributed by atoms with Crippen molar-refractivity contribution in [2.75, 3.05) is 19.7 Å². The molecule has 1 amide bonds. The summed E-state index contributed by atoms with van der Waals surface area (Å²) >= 11 is 0. The first-order valence-corrected chi connectivity index (χ1v) is 4.84. The second-order valence-electron chi connectivity index (χ2n) is 3.61. The molecule has 0 unspecified atom stereocenters. The third kappa shape index (κ3) is 2.42. The van der Waals surface area contributed by atoms with Crippen molar-refractivity contribution < 1.29 is 9.90 Å². The van der Waals surface area contributed by atoms with Gasteiger partial charge < -0.3 is 5.11 Å². The molecule has 1 fully saturated rings. The third-order valence-electron chi connectivity index (χ3n) is 2.21. The molecule has 1 N–H and O–H groups in total. The highest BCUT2D eigenvalue weighted by molar-refractivity contribution is 5.76. The predicted octanol–water partition coefficient (Wildman–Crippen LogP) is 0.226. The van der Waals surface area contributed by atoms with Gasteiger partial charge in [-0.05, 0) is 20.3 Å². The molecule has 0 aliphatic carbocycles. The molecule has 0 radical (unpaired) electrons. The summed E-state index contributed by atoms with van der Waals surface area (Å²) in [5.41, 5.74) is 0. The Bertz CT molecular complexity index is 180. The molecule has 13 heavy (non-hydrogen) atoms. The Morgan fingerprint density at radius 2 is 2.23 bits per heavy atom. The van der Waals surface area contributed by atoms with Crippen LogP contribution in [-0.2, 0) is 4.79 Å². The van der Waals surface area contributed by atoms with Gasteiger partial charge in [-0.25, -0.2) is 5.01 Å². The van der Waals surface area contributed by atoms with E-state index in [4.69, 9.17) is 5.11 Å². The maximum atomic E-state index is 11.5. The van der Waals surface area contributed by atoms with Crippen molar-refractivity contribution in [3.63, 3.8) is 0 Å². The van der Waals surface area contributed by atoms with Gasteiger partial charge in [0.2, 0.25) is 5.91 Å². The highest BCUT2D eigenvalue weighted by Crippen LogP contribution is 2.14. The van der Waals surface area contributed by atoms with Gasteiger partial charge in [0.1, 0.15) is 0 Å². The van der Waals surface area contributed by atoms with Crippen molar-refractivity contribution in [3.8, 4) is 0 Å². The minimum atomic E-state index is 0.108. The van der Waals surface area contributed by atoms with Crippen LogP contribution in [0.1, 0.15) is 26.7 Å². The van der Waals surface area contributed by atoms with Crippen molar-refractivity contribution in [2.45, 2.75) is 32.7 Å². The SMILES string of the molecule is CC(C)N1C(=O)CCCN1CCO. The molecule has 76 valence electrons. The minimum absolute atomic E-state index is 0.108. The lowest BCUT2D eigenvalue weighted by Crippen LogP contribution is -2.54. The zero-order chi connectivity index (χ0) is 9.84. The zero-order valence-corrected chi connectivity index (χ0v) is 8.36. The quantitative estimate of drug-likeness (QED) is 0.686. The van der Waals surface area contributed by atoms with Crippen molar-refractivity contribution >= 4 is 5.91 Å². The molecule has 1 rings (SSSR count). The van der Waals surface area contributed by atoms with E-state index in [9.17, 15) is 4.79 Å². The van der Waals surface area contributed by atoms with Crippen molar-refractivity contribution in [2.24, 2.45) is 0 Å². The Morgan fingerprint density at radius 3 is 2.77 bits per heavy atom. The van der Waals surface area contributed by atoms with Crippen LogP contribution in [0.15, 0.2) is 0 Å². The molecule has 0 atom stereocenters. The van der Waals surface area contributed by atoms with Crippen molar-refractivity contribution in [1.29, 1.82) is 0 Å². The number of hydrogen-bond acceptors (Lipinski definition) is 3. The van der Waals surface area contributed by atoms with Gasteiger partial charge in [-0.3, -0.25) is 9.80 Å². The van der Waals surface area contributed by atoms with Gasteiger partial charge in [-0.1, -0.05) is 0 Å². The summed E-state index contributed by atoms with van der Waals surface area (Å²) in [4.78, 5) is 11.5. The van der Waals surface area contributed by atoms with Crippen LogP contribution in [0, 0.1) is 0 Å². The van der Waals surface area contributed by atoms with Crippen LogP contribution >= 0.6 is 0 Å². The van der Waals surface area contributed by atoms with Gasteiger partial charge in [0.05, 0.1) is 6.61 Å². The number of amides is 1. The van der Waals surface area contributed by atoms with Crippen LogP contribution < -0.4 is 0 Å². The first kappa shape index (κ1) is 10.5. The van der Waals surface area contributed by atoms with E-state index < -0.39 is 0 Å². The molecule has 1 heterocycles. The molecular formula is C9H18N2O2. The van der Waals surface area contributed by atoms with Gasteiger partial charge in [0, 0.05) is 25.6 Å². The van der Waals surface area contributed by atoms with E-state index in [1.165, 1.54) is 0 Å². The predicted molar refractivity (Wildman–Crippen MR) is 49.9 cm³/mol. The first-order chi connectivity index (χ1) is 6.16. The number of rotatable bonds is 3. The minimum Gasteiger partial charge on any atom is -0.395 e. The van der Waals surface area contributed by atoms with Crippen LogP contribution in [0.3, 0.4) is 0 Å². The van der Waals surface area contributed by atoms with Crippen LogP contribution in [0.5, 0.6) is 0 Å². The summed E-state index contributed by atoms with van der Waals surface area (Å²) < 4.78 is 0. The van der Waals surface area contributed by atoms with E-state index in [1.807, 2.05) is 18.9 Å². The number of nitrogens with zero attached hydrogens (tertiary/aromatic N) is 2.